The van der Waals surface area contributed by atoms with Crippen LogP contribution in [0, 0.1) is 17.0 Å². The molecule has 0 atom stereocenters. The number of nitrogens with zero attached hydrogens (tertiary/aromatic N) is 3. The molecule has 0 saturated carbocycles. The van der Waals surface area contributed by atoms with Gasteiger partial charge in [0, 0.05) is 21.8 Å². The molecular weight excluding hydrogens is 448 g/mol. The van der Waals surface area contributed by atoms with Crippen molar-refractivity contribution in [1.29, 1.82) is 0 Å². The third kappa shape index (κ3) is 5.40. The highest BCUT2D eigenvalue weighted by Gasteiger charge is 2.14. The first-order chi connectivity index (χ1) is 13.4. The van der Waals surface area contributed by atoms with Crippen molar-refractivity contribution in [3.8, 4) is 0 Å². The number of thioether (sulfide) groups is 1. The van der Waals surface area contributed by atoms with E-state index in [0.717, 1.165) is 21.8 Å². The number of carbonyl (C=O) groups excluding carboxylic acids is 1. The number of anilines is 1. The Bertz CT molecular complexity index is 1010. The molecule has 0 bridgehead atoms. The third-order valence-electron chi connectivity index (χ3n) is 3.73. The zero-order valence-electron chi connectivity index (χ0n) is 14.7. The topological polar surface area (TPSA) is 111 Å². The fourth-order valence-electron chi connectivity index (χ4n) is 2.35. The van der Waals surface area contributed by atoms with Crippen molar-refractivity contribution in [2.75, 3.05) is 11.1 Å². The lowest BCUT2D eigenvalue weighted by atomic mass is 10.2. The summed E-state index contributed by atoms with van der Waals surface area (Å²) in [5.41, 5.74) is 1.88. The number of aromatic nitrogens is 2. The fraction of sp³-hybridized carbons (Fsp3) is 0.167. The second-order valence-corrected chi connectivity index (χ2v) is 7.70. The van der Waals surface area contributed by atoms with Gasteiger partial charge in [-0.3, -0.25) is 14.9 Å². The van der Waals surface area contributed by atoms with Crippen LogP contribution in [0.25, 0.3) is 0 Å². The molecule has 0 aliphatic heterocycles. The number of carbonyl (C=O) groups is 1. The molecule has 1 amide bonds. The van der Waals surface area contributed by atoms with Gasteiger partial charge in [0.05, 0.1) is 17.1 Å². The molecule has 10 heteroatoms. The van der Waals surface area contributed by atoms with Gasteiger partial charge in [0.2, 0.25) is 11.8 Å². The molecule has 1 N–H and O–H groups in total. The first kappa shape index (κ1) is 20.0. The smallest absolute Gasteiger partial charge is 0.277 e. The van der Waals surface area contributed by atoms with Gasteiger partial charge in [-0.25, -0.2) is 0 Å². The highest BCUT2D eigenvalue weighted by Crippen LogP contribution is 2.23. The fourth-order valence-corrected chi connectivity index (χ4v) is 3.20. The number of benzene rings is 2. The van der Waals surface area contributed by atoms with Gasteiger partial charge in [-0.1, -0.05) is 45.9 Å². The zero-order valence-corrected chi connectivity index (χ0v) is 17.1. The lowest BCUT2D eigenvalue weighted by molar-refractivity contribution is -0.385. The lowest BCUT2D eigenvalue weighted by Crippen LogP contribution is -2.14. The van der Waals surface area contributed by atoms with E-state index in [1.807, 2.05) is 24.3 Å². The standard InChI is InChI=1S/C18H15BrN4O4S/c1-11-2-7-14(9-15(11)23(25)26)20-16(24)10-28-18-22-21-17(27-18)8-12-3-5-13(19)6-4-12/h2-7,9H,8,10H2,1H3,(H,20,24). The van der Waals surface area contributed by atoms with Gasteiger partial charge in [0.1, 0.15) is 0 Å². The lowest BCUT2D eigenvalue weighted by Gasteiger charge is -2.05. The number of nitrogens with one attached hydrogen (secondary N) is 1. The Morgan fingerprint density at radius 2 is 2.00 bits per heavy atom. The predicted octanol–water partition coefficient (Wildman–Crippen LogP) is 4.37. The summed E-state index contributed by atoms with van der Waals surface area (Å²) in [6, 6.07) is 12.3. The van der Waals surface area contributed by atoms with E-state index in [9.17, 15) is 14.9 Å². The number of halogens is 1. The van der Waals surface area contributed by atoms with E-state index in [4.69, 9.17) is 4.42 Å². The number of hydrogen-bond acceptors (Lipinski definition) is 7. The number of hydrogen-bond donors (Lipinski definition) is 1. The third-order valence-corrected chi connectivity index (χ3v) is 5.08. The average Bonchev–Trinajstić information content (AvgIpc) is 3.11. The van der Waals surface area contributed by atoms with Crippen molar-refractivity contribution in [1.82, 2.24) is 10.2 Å². The van der Waals surface area contributed by atoms with Crippen LogP contribution in [-0.4, -0.2) is 26.8 Å². The van der Waals surface area contributed by atoms with Crippen LogP contribution in [0.1, 0.15) is 17.0 Å². The number of rotatable bonds is 7. The largest absolute Gasteiger partial charge is 0.416 e. The molecule has 2 aromatic carbocycles. The van der Waals surface area contributed by atoms with Crippen LogP contribution in [0.15, 0.2) is 56.6 Å². The maximum atomic E-state index is 12.1. The van der Waals surface area contributed by atoms with E-state index in [1.165, 1.54) is 6.07 Å². The molecule has 0 unspecified atom stereocenters. The summed E-state index contributed by atoms with van der Waals surface area (Å²) in [4.78, 5) is 22.6. The van der Waals surface area contributed by atoms with Gasteiger partial charge >= 0.3 is 0 Å². The molecule has 0 spiro atoms. The Kier molecular flexibility index (Phi) is 6.42. The SMILES string of the molecule is Cc1ccc(NC(=O)CSc2nnc(Cc3ccc(Br)cc3)o2)cc1[N+](=O)[O-]. The van der Waals surface area contributed by atoms with Crippen molar-refractivity contribution in [3.05, 3.63) is 74.1 Å². The Balaban J connectivity index is 1.54. The molecule has 1 heterocycles. The van der Waals surface area contributed by atoms with Crippen LogP contribution in [0.2, 0.25) is 0 Å². The van der Waals surface area contributed by atoms with Gasteiger partial charge in [0.25, 0.3) is 10.9 Å². The van der Waals surface area contributed by atoms with Gasteiger partial charge < -0.3 is 9.73 Å². The van der Waals surface area contributed by atoms with Crippen molar-refractivity contribution in [2.45, 2.75) is 18.6 Å². The maximum absolute atomic E-state index is 12.1. The molecule has 0 aliphatic rings. The number of aryl methyl sites for hydroxylation is 1. The summed E-state index contributed by atoms with van der Waals surface area (Å²) >= 11 is 4.48. The number of nitro benzene ring substituents is 1. The van der Waals surface area contributed by atoms with Crippen LogP contribution in [0.4, 0.5) is 11.4 Å². The molecule has 0 saturated heterocycles. The van der Waals surface area contributed by atoms with Crippen molar-refractivity contribution in [3.63, 3.8) is 0 Å². The minimum Gasteiger partial charge on any atom is -0.416 e. The predicted molar refractivity (Wildman–Crippen MR) is 108 cm³/mol. The number of amides is 1. The van der Waals surface area contributed by atoms with Gasteiger partial charge in [-0.2, -0.15) is 0 Å². The Morgan fingerprint density at radius 3 is 2.71 bits per heavy atom. The van der Waals surface area contributed by atoms with Crippen LogP contribution in [0.3, 0.4) is 0 Å². The van der Waals surface area contributed by atoms with E-state index in [-0.39, 0.29) is 22.6 Å². The molecular formula is C18H15BrN4O4S. The second-order valence-electron chi connectivity index (χ2n) is 5.86. The molecule has 0 aliphatic carbocycles. The van der Waals surface area contributed by atoms with Crippen LogP contribution >= 0.6 is 27.7 Å². The van der Waals surface area contributed by atoms with E-state index in [1.54, 1.807) is 19.1 Å². The molecule has 3 aromatic rings. The molecule has 3 rings (SSSR count). The van der Waals surface area contributed by atoms with Crippen LogP contribution in [0.5, 0.6) is 0 Å². The van der Waals surface area contributed by atoms with Crippen LogP contribution in [-0.2, 0) is 11.2 Å². The van der Waals surface area contributed by atoms with Gasteiger partial charge in [-0.15, -0.1) is 10.2 Å². The van der Waals surface area contributed by atoms with E-state index >= 15 is 0 Å². The van der Waals surface area contributed by atoms with E-state index < -0.39 is 4.92 Å². The molecule has 8 nitrogen and oxygen atoms in total. The molecule has 1 aromatic heterocycles. The van der Waals surface area contributed by atoms with Gasteiger partial charge in [0.15, 0.2) is 0 Å². The first-order valence-corrected chi connectivity index (χ1v) is 9.93. The summed E-state index contributed by atoms with van der Waals surface area (Å²) in [6.07, 6.45) is 0.500. The average molecular weight is 463 g/mol. The Morgan fingerprint density at radius 1 is 1.25 bits per heavy atom. The van der Waals surface area contributed by atoms with Crippen molar-refractivity contribution < 1.29 is 14.1 Å². The normalized spacial score (nSPS) is 10.6. The number of nitro groups is 1. The Labute approximate surface area is 173 Å². The molecule has 0 fully saturated rings. The van der Waals surface area contributed by atoms with Gasteiger partial charge in [-0.05, 0) is 30.7 Å². The van der Waals surface area contributed by atoms with E-state index in [0.29, 0.717) is 23.6 Å². The summed E-state index contributed by atoms with van der Waals surface area (Å²) in [5, 5.41) is 21.8. The second kappa shape index (κ2) is 8.98. The highest BCUT2D eigenvalue weighted by atomic mass is 79.9. The van der Waals surface area contributed by atoms with E-state index in [2.05, 4.69) is 31.4 Å². The Hall–Kier alpha value is -2.72. The molecule has 0 radical (unpaired) electrons. The monoisotopic (exact) mass is 462 g/mol. The molecule has 28 heavy (non-hydrogen) atoms. The minimum absolute atomic E-state index is 0.0417. The maximum Gasteiger partial charge on any atom is 0.277 e. The quantitative estimate of drug-likeness (QED) is 0.315. The zero-order chi connectivity index (χ0) is 20.1. The van der Waals surface area contributed by atoms with Crippen molar-refractivity contribution >= 4 is 45.0 Å². The first-order valence-electron chi connectivity index (χ1n) is 8.15. The van der Waals surface area contributed by atoms with Crippen molar-refractivity contribution in [2.24, 2.45) is 0 Å². The summed E-state index contributed by atoms with van der Waals surface area (Å²) in [6.45, 7) is 1.64. The van der Waals surface area contributed by atoms with Crippen LogP contribution < -0.4 is 5.32 Å². The summed E-state index contributed by atoms with van der Waals surface area (Å²) < 4.78 is 6.53. The summed E-state index contributed by atoms with van der Waals surface area (Å²) in [5.74, 6) is 0.178. The summed E-state index contributed by atoms with van der Waals surface area (Å²) in [7, 11) is 0. The highest BCUT2D eigenvalue weighted by molar-refractivity contribution is 9.10. The molecule has 144 valence electrons. The minimum atomic E-state index is -0.481.